The van der Waals surface area contributed by atoms with Gasteiger partial charge in [-0.3, -0.25) is 0 Å². The summed E-state index contributed by atoms with van der Waals surface area (Å²) in [6.45, 7) is 1.29. The molecule has 2 N–H and O–H groups in total. The van der Waals surface area contributed by atoms with Crippen LogP contribution in [0.25, 0.3) is 0 Å². The normalized spacial score (nSPS) is 12.6. The molecule has 0 saturated heterocycles. The molecule has 0 bridgehead atoms. The van der Waals surface area contributed by atoms with Crippen LogP contribution in [0.3, 0.4) is 0 Å². The summed E-state index contributed by atoms with van der Waals surface area (Å²) >= 11 is 0. The molecule has 0 spiro atoms. The van der Waals surface area contributed by atoms with Crippen molar-refractivity contribution in [3.63, 3.8) is 0 Å². The first-order valence-electron chi connectivity index (χ1n) is 4.18. The maximum absolute atomic E-state index is 12.7. The van der Waals surface area contributed by atoms with E-state index in [-0.39, 0.29) is 6.04 Å². The summed E-state index contributed by atoms with van der Waals surface area (Å²) in [7, 11) is 1.53. The Bertz CT molecular complexity index is 286. The largest absolute Gasteiger partial charge is 0.496 e. The van der Waals surface area contributed by atoms with E-state index < -0.39 is 6.67 Å². The number of hydrogen-bond donors (Lipinski definition) is 1. The highest BCUT2D eigenvalue weighted by Crippen LogP contribution is 2.26. The van der Waals surface area contributed by atoms with Gasteiger partial charge >= 0.3 is 0 Å². The Balaban J connectivity index is 3.19. The van der Waals surface area contributed by atoms with Gasteiger partial charge in [0.05, 0.1) is 7.11 Å². The highest BCUT2D eigenvalue weighted by Gasteiger charge is 2.10. The van der Waals surface area contributed by atoms with Crippen molar-refractivity contribution < 1.29 is 9.13 Å². The zero-order valence-corrected chi connectivity index (χ0v) is 7.88. The Hall–Kier alpha value is -1.09. The van der Waals surface area contributed by atoms with Crippen molar-refractivity contribution in [3.8, 4) is 5.75 Å². The number of rotatable bonds is 3. The van der Waals surface area contributed by atoms with Gasteiger partial charge in [-0.2, -0.15) is 0 Å². The molecule has 0 amide bonds. The average Bonchev–Trinajstić information content (AvgIpc) is 2.16. The average molecular weight is 183 g/mol. The van der Waals surface area contributed by atoms with Gasteiger partial charge in [-0.15, -0.1) is 0 Å². The molecule has 1 aromatic carbocycles. The zero-order valence-electron chi connectivity index (χ0n) is 7.88. The van der Waals surface area contributed by atoms with Gasteiger partial charge in [-0.25, -0.2) is 4.39 Å². The maximum Gasteiger partial charge on any atom is 0.125 e. The number of methoxy groups -OCH3 is 1. The molecule has 1 unspecified atom stereocenters. The second kappa shape index (κ2) is 4.23. The summed E-state index contributed by atoms with van der Waals surface area (Å²) in [6, 6.07) is 5.21. The number of alkyl halides is 1. The molecular weight excluding hydrogens is 169 g/mol. The fraction of sp³-hybridized carbons (Fsp3) is 0.400. The third-order valence-electron chi connectivity index (χ3n) is 2.01. The molecule has 1 aromatic rings. The maximum atomic E-state index is 12.7. The Morgan fingerprint density at radius 3 is 2.69 bits per heavy atom. The third kappa shape index (κ3) is 1.98. The van der Waals surface area contributed by atoms with Crippen LogP contribution in [0, 0.1) is 0 Å². The fourth-order valence-electron chi connectivity index (χ4n) is 1.34. The Morgan fingerprint density at radius 1 is 1.54 bits per heavy atom. The van der Waals surface area contributed by atoms with Crippen LogP contribution in [0.15, 0.2) is 18.2 Å². The Morgan fingerprint density at radius 2 is 2.23 bits per heavy atom. The lowest BCUT2D eigenvalue weighted by atomic mass is 10.0. The topological polar surface area (TPSA) is 35.2 Å². The molecular formula is C10H14FNO. The number of halogens is 1. The molecule has 72 valence electrons. The molecule has 1 rings (SSSR count). The molecule has 0 aromatic heterocycles. The lowest BCUT2D eigenvalue weighted by Crippen LogP contribution is -2.08. The predicted octanol–water partition coefficient (Wildman–Crippen LogP) is 2.18. The monoisotopic (exact) mass is 183 g/mol. The van der Waals surface area contributed by atoms with Crippen molar-refractivity contribution in [2.75, 3.05) is 7.11 Å². The first-order chi connectivity index (χ1) is 6.20. The molecule has 0 radical (unpaired) electrons. The van der Waals surface area contributed by atoms with Crippen LogP contribution < -0.4 is 10.5 Å². The van der Waals surface area contributed by atoms with E-state index in [1.54, 1.807) is 6.07 Å². The van der Waals surface area contributed by atoms with E-state index in [2.05, 4.69) is 0 Å². The summed E-state index contributed by atoms with van der Waals surface area (Å²) in [4.78, 5) is 0. The van der Waals surface area contributed by atoms with Crippen LogP contribution >= 0.6 is 0 Å². The minimum absolute atomic E-state index is 0.166. The molecule has 0 aliphatic carbocycles. The molecule has 2 nitrogen and oxygen atoms in total. The van der Waals surface area contributed by atoms with E-state index >= 15 is 0 Å². The summed E-state index contributed by atoms with van der Waals surface area (Å²) in [5.41, 5.74) is 7.05. The molecule has 0 heterocycles. The molecule has 0 fully saturated rings. The lowest BCUT2D eigenvalue weighted by Gasteiger charge is -2.13. The van der Waals surface area contributed by atoms with Crippen LogP contribution in [0.5, 0.6) is 5.75 Å². The van der Waals surface area contributed by atoms with Gasteiger partial charge in [-0.1, -0.05) is 12.1 Å². The van der Waals surface area contributed by atoms with Crippen LogP contribution in [0.1, 0.15) is 24.1 Å². The van der Waals surface area contributed by atoms with Crippen LogP contribution in [-0.4, -0.2) is 7.11 Å². The number of benzene rings is 1. The van der Waals surface area contributed by atoms with Crippen LogP contribution in [0.4, 0.5) is 4.39 Å². The van der Waals surface area contributed by atoms with E-state index in [1.807, 2.05) is 19.1 Å². The molecule has 0 aliphatic heterocycles. The first-order valence-corrected chi connectivity index (χ1v) is 4.18. The molecule has 0 aliphatic rings. The van der Waals surface area contributed by atoms with Crippen molar-refractivity contribution in [2.45, 2.75) is 19.6 Å². The van der Waals surface area contributed by atoms with Gasteiger partial charge in [0.25, 0.3) is 0 Å². The van der Waals surface area contributed by atoms with E-state index in [4.69, 9.17) is 10.5 Å². The van der Waals surface area contributed by atoms with Gasteiger partial charge in [-0.05, 0) is 18.6 Å². The van der Waals surface area contributed by atoms with Crippen molar-refractivity contribution in [1.29, 1.82) is 0 Å². The van der Waals surface area contributed by atoms with Crippen LogP contribution in [0.2, 0.25) is 0 Å². The van der Waals surface area contributed by atoms with Gasteiger partial charge in [0.2, 0.25) is 0 Å². The molecule has 0 saturated carbocycles. The van der Waals surface area contributed by atoms with Gasteiger partial charge in [0, 0.05) is 11.6 Å². The smallest absolute Gasteiger partial charge is 0.125 e. The van der Waals surface area contributed by atoms with E-state index in [9.17, 15) is 4.39 Å². The number of hydrogen-bond acceptors (Lipinski definition) is 2. The standard InChI is InChI=1S/C10H14FNO/c1-7(12)8-4-3-5-10(13-2)9(8)6-11/h3-5,7H,6,12H2,1-2H3. The van der Waals surface area contributed by atoms with Crippen molar-refractivity contribution in [2.24, 2.45) is 5.73 Å². The predicted molar refractivity (Wildman–Crippen MR) is 50.4 cm³/mol. The fourth-order valence-corrected chi connectivity index (χ4v) is 1.34. The second-order valence-corrected chi connectivity index (χ2v) is 2.95. The van der Waals surface area contributed by atoms with E-state index in [1.165, 1.54) is 7.11 Å². The first kappa shape index (κ1) is 9.99. The quantitative estimate of drug-likeness (QED) is 0.779. The van der Waals surface area contributed by atoms with Crippen molar-refractivity contribution >= 4 is 0 Å². The number of nitrogens with two attached hydrogens (primary N) is 1. The van der Waals surface area contributed by atoms with Gasteiger partial charge < -0.3 is 10.5 Å². The van der Waals surface area contributed by atoms with Crippen molar-refractivity contribution in [3.05, 3.63) is 29.3 Å². The third-order valence-corrected chi connectivity index (χ3v) is 2.01. The van der Waals surface area contributed by atoms with E-state index in [0.717, 1.165) is 5.56 Å². The van der Waals surface area contributed by atoms with Crippen molar-refractivity contribution in [1.82, 2.24) is 0 Å². The van der Waals surface area contributed by atoms with Gasteiger partial charge in [0.15, 0.2) is 0 Å². The zero-order chi connectivity index (χ0) is 9.84. The highest BCUT2D eigenvalue weighted by molar-refractivity contribution is 5.41. The summed E-state index contributed by atoms with van der Waals surface area (Å²) in [5.74, 6) is 0.567. The summed E-state index contributed by atoms with van der Waals surface area (Å²) in [6.07, 6.45) is 0. The summed E-state index contributed by atoms with van der Waals surface area (Å²) in [5, 5.41) is 0. The minimum Gasteiger partial charge on any atom is -0.496 e. The second-order valence-electron chi connectivity index (χ2n) is 2.95. The molecule has 13 heavy (non-hydrogen) atoms. The van der Waals surface area contributed by atoms with Gasteiger partial charge in [0.1, 0.15) is 12.4 Å². The highest BCUT2D eigenvalue weighted by atomic mass is 19.1. The molecule has 1 atom stereocenters. The number of ether oxygens (including phenoxy) is 1. The molecule has 3 heteroatoms. The van der Waals surface area contributed by atoms with Crippen LogP contribution in [-0.2, 0) is 6.67 Å². The Kier molecular flexibility index (Phi) is 3.25. The van der Waals surface area contributed by atoms with E-state index in [0.29, 0.717) is 11.3 Å². The lowest BCUT2D eigenvalue weighted by molar-refractivity contribution is 0.391. The minimum atomic E-state index is -0.541. The SMILES string of the molecule is COc1cccc(C(C)N)c1CF. The Labute approximate surface area is 77.5 Å². The summed E-state index contributed by atoms with van der Waals surface area (Å²) < 4.78 is 17.7.